The van der Waals surface area contributed by atoms with Gasteiger partial charge in [0.25, 0.3) is 0 Å². The summed E-state index contributed by atoms with van der Waals surface area (Å²) < 4.78 is 13.9. The molecular weight excluding hydrogens is 415 g/mol. The number of aryl methyl sites for hydroxylation is 1. The van der Waals surface area contributed by atoms with Crippen molar-refractivity contribution in [3.63, 3.8) is 0 Å². The highest BCUT2D eigenvalue weighted by Gasteiger charge is 2.30. The number of nitrogens with one attached hydrogen (secondary N) is 1. The maximum Gasteiger partial charge on any atom is 0.227 e. The molecule has 29 heavy (non-hydrogen) atoms. The molecule has 0 spiro atoms. The van der Waals surface area contributed by atoms with E-state index >= 15 is 0 Å². The van der Waals surface area contributed by atoms with E-state index in [0.29, 0.717) is 31.0 Å². The van der Waals surface area contributed by atoms with Crippen molar-refractivity contribution in [3.05, 3.63) is 39.6 Å². The van der Waals surface area contributed by atoms with Crippen molar-refractivity contribution >= 4 is 45.6 Å². The number of carbonyl (C=O) groups excluding carboxylic acids is 2. The number of anilines is 2. The fraction of sp³-hybridized carbons (Fsp3) is 0.450. The Labute approximate surface area is 177 Å². The van der Waals surface area contributed by atoms with E-state index in [1.54, 1.807) is 18.3 Å². The molecule has 0 bridgehead atoms. The van der Waals surface area contributed by atoms with Gasteiger partial charge in [-0.15, -0.1) is 11.3 Å². The van der Waals surface area contributed by atoms with Crippen LogP contribution in [0.2, 0.25) is 5.02 Å². The maximum atomic E-state index is 13.9. The first kappa shape index (κ1) is 20.1. The molecule has 1 N–H and O–H groups in total. The number of hydrogen-bond donors (Lipinski definition) is 1. The van der Waals surface area contributed by atoms with Crippen LogP contribution in [0.5, 0.6) is 0 Å². The Bertz CT molecular complexity index is 943. The van der Waals surface area contributed by atoms with Gasteiger partial charge in [0.1, 0.15) is 5.82 Å². The van der Waals surface area contributed by atoms with E-state index in [-0.39, 0.29) is 23.4 Å². The lowest BCUT2D eigenvalue weighted by Crippen LogP contribution is -2.48. The fourth-order valence-electron chi connectivity index (χ4n) is 3.76. The van der Waals surface area contributed by atoms with Crippen molar-refractivity contribution in [1.82, 2.24) is 9.88 Å². The molecule has 9 heteroatoms. The van der Waals surface area contributed by atoms with Gasteiger partial charge in [-0.25, -0.2) is 9.37 Å². The highest BCUT2D eigenvalue weighted by atomic mass is 35.5. The van der Waals surface area contributed by atoms with Crippen LogP contribution in [0.15, 0.2) is 18.2 Å². The molecule has 1 fully saturated rings. The predicted octanol–water partition coefficient (Wildman–Crippen LogP) is 3.35. The molecule has 0 saturated carbocycles. The van der Waals surface area contributed by atoms with Crippen molar-refractivity contribution in [3.8, 4) is 0 Å². The minimum Gasteiger partial charge on any atom is -0.345 e. The Morgan fingerprint density at radius 1 is 1.28 bits per heavy atom. The second-order valence-electron chi connectivity index (χ2n) is 7.41. The SMILES string of the molecule is CC(=O)N1CCN(c2nc3c(s2)CC(C(=O)Nc2cc(Cl)ccc2F)CC3)CC1. The average molecular weight is 437 g/mol. The van der Waals surface area contributed by atoms with Gasteiger partial charge in [-0.3, -0.25) is 9.59 Å². The third kappa shape index (κ3) is 4.38. The molecule has 2 amide bonds. The molecule has 2 aromatic rings. The standard InChI is InChI=1S/C20H22ClFN4O2S/c1-12(27)25-6-8-26(9-7-25)20-24-16-5-2-13(10-18(16)29-20)19(28)23-17-11-14(21)3-4-15(17)22/h3-4,11,13H,2,5-10H2,1H3,(H,23,28). The number of benzene rings is 1. The number of thiazole rings is 1. The summed E-state index contributed by atoms with van der Waals surface area (Å²) in [6, 6.07) is 4.13. The summed E-state index contributed by atoms with van der Waals surface area (Å²) in [7, 11) is 0. The topological polar surface area (TPSA) is 65.5 Å². The normalized spacial score (nSPS) is 19.1. The summed E-state index contributed by atoms with van der Waals surface area (Å²) >= 11 is 7.53. The number of halogens is 2. The Morgan fingerprint density at radius 2 is 2.03 bits per heavy atom. The van der Waals surface area contributed by atoms with Crippen molar-refractivity contribution in [2.45, 2.75) is 26.2 Å². The number of rotatable bonds is 3. The van der Waals surface area contributed by atoms with Gasteiger partial charge in [-0.1, -0.05) is 11.6 Å². The van der Waals surface area contributed by atoms with E-state index in [9.17, 15) is 14.0 Å². The zero-order valence-electron chi connectivity index (χ0n) is 16.1. The molecular formula is C20H22ClFN4O2S. The van der Waals surface area contributed by atoms with Crippen molar-refractivity contribution < 1.29 is 14.0 Å². The summed E-state index contributed by atoms with van der Waals surface area (Å²) in [4.78, 5) is 34.1. The van der Waals surface area contributed by atoms with Gasteiger partial charge in [-0.2, -0.15) is 0 Å². The number of amides is 2. The predicted molar refractivity (Wildman–Crippen MR) is 112 cm³/mol. The van der Waals surface area contributed by atoms with Crippen LogP contribution in [0.1, 0.15) is 23.9 Å². The fourth-order valence-corrected chi connectivity index (χ4v) is 5.17. The summed E-state index contributed by atoms with van der Waals surface area (Å²) in [6.07, 6.45) is 2.02. The highest BCUT2D eigenvalue weighted by Crippen LogP contribution is 2.35. The molecule has 1 aromatic carbocycles. The van der Waals surface area contributed by atoms with Crippen LogP contribution in [0, 0.1) is 11.7 Å². The van der Waals surface area contributed by atoms with E-state index in [0.717, 1.165) is 35.2 Å². The molecule has 2 aliphatic rings. The van der Waals surface area contributed by atoms with E-state index in [1.165, 1.54) is 18.2 Å². The van der Waals surface area contributed by atoms with Crippen LogP contribution >= 0.6 is 22.9 Å². The largest absolute Gasteiger partial charge is 0.345 e. The van der Waals surface area contributed by atoms with Crippen molar-refractivity contribution in [2.24, 2.45) is 5.92 Å². The number of aromatic nitrogens is 1. The van der Waals surface area contributed by atoms with E-state index in [1.807, 2.05) is 4.90 Å². The van der Waals surface area contributed by atoms with Crippen molar-refractivity contribution in [1.29, 1.82) is 0 Å². The lowest BCUT2D eigenvalue weighted by molar-refractivity contribution is -0.129. The molecule has 1 saturated heterocycles. The molecule has 4 rings (SSSR count). The van der Waals surface area contributed by atoms with Crippen LogP contribution < -0.4 is 10.2 Å². The summed E-state index contributed by atoms with van der Waals surface area (Å²) in [6.45, 7) is 4.54. The molecule has 2 heterocycles. The second-order valence-corrected chi connectivity index (χ2v) is 8.91. The van der Waals surface area contributed by atoms with Crippen LogP contribution in [0.3, 0.4) is 0 Å². The summed E-state index contributed by atoms with van der Waals surface area (Å²) in [5.41, 5.74) is 1.17. The van der Waals surface area contributed by atoms with Gasteiger partial charge < -0.3 is 15.1 Å². The maximum absolute atomic E-state index is 13.9. The van der Waals surface area contributed by atoms with Crippen LogP contribution in [-0.2, 0) is 22.4 Å². The summed E-state index contributed by atoms with van der Waals surface area (Å²) in [5.74, 6) is -0.803. The highest BCUT2D eigenvalue weighted by molar-refractivity contribution is 7.15. The van der Waals surface area contributed by atoms with Crippen LogP contribution in [0.4, 0.5) is 15.2 Å². The zero-order valence-corrected chi connectivity index (χ0v) is 17.7. The Morgan fingerprint density at radius 3 is 2.76 bits per heavy atom. The first-order valence-corrected chi connectivity index (χ1v) is 10.8. The lowest BCUT2D eigenvalue weighted by atomic mass is 9.90. The molecule has 1 aliphatic carbocycles. The van der Waals surface area contributed by atoms with Crippen molar-refractivity contribution in [2.75, 3.05) is 36.4 Å². The van der Waals surface area contributed by atoms with E-state index in [4.69, 9.17) is 16.6 Å². The molecule has 6 nitrogen and oxygen atoms in total. The minimum atomic E-state index is -0.496. The number of nitrogens with zero attached hydrogens (tertiary/aromatic N) is 3. The molecule has 1 aliphatic heterocycles. The third-order valence-corrected chi connectivity index (χ3v) is 6.90. The monoisotopic (exact) mass is 436 g/mol. The Balaban J connectivity index is 1.41. The van der Waals surface area contributed by atoms with Crippen LogP contribution in [0.25, 0.3) is 0 Å². The van der Waals surface area contributed by atoms with E-state index in [2.05, 4.69) is 10.2 Å². The lowest BCUT2D eigenvalue weighted by Gasteiger charge is -2.33. The second kappa shape index (κ2) is 8.28. The van der Waals surface area contributed by atoms with Gasteiger partial charge in [-0.05, 0) is 37.5 Å². The number of fused-ring (bicyclic) bond motifs is 1. The quantitative estimate of drug-likeness (QED) is 0.801. The minimum absolute atomic E-state index is 0.105. The number of piperazine rings is 1. The Kier molecular flexibility index (Phi) is 5.74. The Hall–Kier alpha value is -2.19. The van der Waals surface area contributed by atoms with Gasteiger partial charge >= 0.3 is 0 Å². The van der Waals surface area contributed by atoms with Gasteiger partial charge in [0, 0.05) is 48.9 Å². The molecule has 154 valence electrons. The van der Waals surface area contributed by atoms with E-state index < -0.39 is 5.82 Å². The molecule has 1 aromatic heterocycles. The summed E-state index contributed by atoms with van der Waals surface area (Å²) in [5, 5.41) is 4.01. The van der Waals surface area contributed by atoms with Crippen LogP contribution in [-0.4, -0.2) is 47.9 Å². The van der Waals surface area contributed by atoms with Gasteiger partial charge in [0.05, 0.1) is 11.4 Å². The number of carbonyl (C=O) groups is 2. The smallest absolute Gasteiger partial charge is 0.227 e. The average Bonchev–Trinajstić information content (AvgIpc) is 3.14. The first-order chi connectivity index (χ1) is 13.9. The third-order valence-electron chi connectivity index (χ3n) is 5.48. The van der Waals surface area contributed by atoms with Gasteiger partial charge in [0.15, 0.2) is 5.13 Å². The first-order valence-electron chi connectivity index (χ1n) is 9.65. The molecule has 0 radical (unpaired) electrons. The molecule has 1 unspecified atom stereocenters. The number of hydrogen-bond acceptors (Lipinski definition) is 5. The molecule has 1 atom stereocenters. The zero-order chi connectivity index (χ0) is 20.5. The van der Waals surface area contributed by atoms with Gasteiger partial charge in [0.2, 0.25) is 11.8 Å².